The number of piperidine rings is 1. The normalized spacial score (nSPS) is 16.6. The van der Waals surface area contributed by atoms with E-state index in [0.29, 0.717) is 25.0 Å². The van der Waals surface area contributed by atoms with Gasteiger partial charge in [-0.15, -0.1) is 0 Å². The lowest BCUT2D eigenvalue weighted by Gasteiger charge is -2.29. The molecule has 1 aliphatic rings. The predicted octanol–water partition coefficient (Wildman–Crippen LogP) is 2.21. The van der Waals surface area contributed by atoms with Gasteiger partial charge in [0.1, 0.15) is 0 Å². The zero-order valence-electron chi connectivity index (χ0n) is 11.3. The quantitative estimate of drug-likeness (QED) is 0.669. The van der Waals surface area contributed by atoms with Crippen molar-refractivity contribution in [3.05, 3.63) is 39.4 Å². The van der Waals surface area contributed by atoms with Crippen LogP contribution < -0.4 is 0 Å². The Kier molecular flexibility index (Phi) is 4.36. The number of non-ortho nitro benzene ring substituents is 1. The molecule has 0 radical (unpaired) electrons. The van der Waals surface area contributed by atoms with Crippen LogP contribution in [0.15, 0.2) is 18.2 Å². The molecule has 6 nitrogen and oxygen atoms in total. The first-order chi connectivity index (χ1) is 10.2. The molecule has 1 heterocycles. The van der Waals surface area contributed by atoms with Crippen LogP contribution in [0.5, 0.6) is 0 Å². The van der Waals surface area contributed by atoms with Crippen LogP contribution in [-0.2, 0) is 6.18 Å². The lowest BCUT2D eigenvalue weighted by atomic mass is 10.0. The monoisotopic (exact) mass is 318 g/mol. The number of alkyl halides is 3. The highest BCUT2D eigenvalue weighted by molar-refractivity contribution is 5.95. The summed E-state index contributed by atoms with van der Waals surface area (Å²) in [5.74, 6) is -0.707. The summed E-state index contributed by atoms with van der Waals surface area (Å²) in [4.78, 5) is 23.3. The predicted molar refractivity (Wildman–Crippen MR) is 69.2 cm³/mol. The van der Waals surface area contributed by atoms with Crippen LogP contribution in [0.2, 0.25) is 0 Å². The molecule has 1 aromatic carbocycles. The first-order valence-corrected chi connectivity index (χ1v) is 6.52. The Hall–Kier alpha value is -2.16. The Morgan fingerprint density at radius 2 is 1.86 bits per heavy atom. The van der Waals surface area contributed by atoms with Gasteiger partial charge in [0, 0.05) is 30.8 Å². The van der Waals surface area contributed by atoms with Gasteiger partial charge in [-0.05, 0) is 18.9 Å². The summed E-state index contributed by atoms with van der Waals surface area (Å²) in [7, 11) is 0. The number of rotatable bonds is 2. The summed E-state index contributed by atoms with van der Waals surface area (Å²) in [6.45, 7) is 0.397. The van der Waals surface area contributed by atoms with Crippen LogP contribution in [0.4, 0.5) is 18.9 Å². The average Bonchev–Trinajstić information content (AvgIpc) is 2.46. The van der Waals surface area contributed by atoms with Crippen molar-refractivity contribution < 1.29 is 28.0 Å². The summed E-state index contributed by atoms with van der Waals surface area (Å²) in [5, 5.41) is 20.1. The maximum Gasteiger partial charge on any atom is 0.416 e. The van der Waals surface area contributed by atoms with Crippen LogP contribution in [-0.4, -0.2) is 40.0 Å². The molecule has 0 saturated carbocycles. The molecule has 0 aromatic heterocycles. The molecule has 1 N–H and O–H groups in total. The second-order valence-electron chi connectivity index (χ2n) is 5.05. The number of nitrogens with zero attached hydrogens (tertiary/aromatic N) is 2. The fraction of sp³-hybridized carbons (Fsp3) is 0.462. The molecule has 1 saturated heterocycles. The first-order valence-electron chi connectivity index (χ1n) is 6.52. The van der Waals surface area contributed by atoms with Gasteiger partial charge >= 0.3 is 6.18 Å². The van der Waals surface area contributed by atoms with Crippen LogP contribution in [0.3, 0.4) is 0 Å². The number of hydrogen-bond donors (Lipinski definition) is 1. The van der Waals surface area contributed by atoms with Gasteiger partial charge in [0.25, 0.3) is 11.6 Å². The van der Waals surface area contributed by atoms with Gasteiger partial charge in [-0.2, -0.15) is 13.2 Å². The summed E-state index contributed by atoms with van der Waals surface area (Å²) < 4.78 is 38.4. The zero-order chi connectivity index (χ0) is 16.5. The second kappa shape index (κ2) is 5.91. The van der Waals surface area contributed by atoms with E-state index >= 15 is 0 Å². The number of amides is 1. The zero-order valence-corrected chi connectivity index (χ0v) is 11.3. The van der Waals surface area contributed by atoms with E-state index in [-0.39, 0.29) is 18.7 Å². The molecule has 1 aliphatic heterocycles. The summed E-state index contributed by atoms with van der Waals surface area (Å²) in [6, 6.07) is 1.85. The van der Waals surface area contributed by atoms with Crippen LogP contribution in [0.25, 0.3) is 0 Å². The Morgan fingerprint density at radius 3 is 2.36 bits per heavy atom. The van der Waals surface area contributed by atoms with Crippen molar-refractivity contribution in [2.24, 2.45) is 0 Å². The smallest absolute Gasteiger partial charge is 0.393 e. The Labute approximate surface area is 123 Å². The molecule has 0 aliphatic carbocycles. The molecule has 22 heavy (non-hydrogen) atoms. The highest BCUT2D eigenvalue weighted by Gasteiger charge is 2.34. The van der Waals surface area contributed by atoms with Crippen LogP contribution in [0.1, 0.15) is 28.8 Å². The molecular formula is C13H13F3N2O4. The number of carbonyl (C=O) groups is 1. The molecule has 1 amide bonds. The standard InChI is InChI=1S/C13H13F3N2O4/c14-13(15,16)9-5-8(6-10(7-9)18(21)22)12(20)17-3-1-11(19)2-4-17/h5-7,11,19H,1-4H2. The van der Waals surface area contributed by atoms with Gasteiger partial charge in [-0.25, -0.2) is 0 Å². The Morgan fingerprint density at radius 1 is 1.27 bits per heavy atom. The molecule has 120 valence electrons. The van der Waals surface area contributed by atoms with Crippen molar-refractivity contribution in [2.45, 2.75) is 25.1 Å². The highest BCUT2D eigenvalue weighted by atomic mass is 19.4. The van der Waals surface area contributed by atoms with Gasteiger partial charge in [0.05, 0.1) is 16.6 Å². The minimum atomic E-state index is -4.78. The summed E-state index contributed by atoms with van der Waals surface area (Å²) >= 11 is 0. The molecule has 2 rings (SSSR count). The van der Waals surface area contributed by atoms with Crippen molar-refractivity contribution >= 4 is 11.6 Å². The number of carbonyl (C=O) groups excluding carboxylic acids is 1. The van der Waals surface area contributed by atoms with E-state index in [0.717, 1.165) is 6.07 Å². The molecule has 1 aromatic rings. The lowest BCUT2D eigenvalue weighted by molar-refractivity contribution is -0.385. The minimum Gasteiger partial charge on any atom is -0.393 e. The number of aliphatic hydroxyl groups is 1. The molecule has 0 bridgehead atoms. The van der Waals surface area contributed by atoms with E-state index in [1.165, 1.54) is 4.90 Å². The topological polar surface area (TPSA) is 83.7 Å². The lowest BCUT2D eigenvalue weighted by Crippen LogP contribution is -2.40. The Balaban J connectivity index is 2.35. The minimum absolute atomic E-state index is 0.198. The highest BCUT2D eigenvalue weighted by Crippen LogP contribution is 2.33. The molecule has 9 heteroatoms. The van der Waals surface area contributed by atoms with E-state index in [2.05, 4.69) is 0 Å². The second-order valence-corrected chi connectivity index (χ2v) is 5.05. The van der Waals surface area contributed by atoms with Gasteiger partial charge in [0.15, 0.2) is 0 Å². The van der Waals surface area contributed by atoms with Gasteiger partial charge < -0.3 is 10.0 Å². The van der Waals surface area contributed by atoms with Crippen LogP contribution >= 0.6 is 0 Å². The van der Waals surface area contributed by atoms with E-state index in [1.54, 1.807) is 0 Å². The van der Waals surface area contributed by atoms with Crippen molar-refractivity contribution in [3.63, 3.8) is 0 Å². The Bertz CT molecular complexity index is 595. The number of nitro benzene ring substituents is 1. The fourth-order valence-corrected chi connectivity index (χ4v) is 2.26. The third-order valence-corrected chi connectivity index (χ3v) is 3.45. The van der Waals surface area contributed by atoms with Crippen LogP contribution in [0, 0.1) is 10.1 Å². The fourth-order valence-electron chi connectivity index (χ4n) is 2.26. The van der Waals surface area contributed by atoms with Crippen molar-refractivity contribution in [1.29, 1.82) is 0 Å². The summed E-state index contributed by atoms with van der Waals surface area (Å²) in [6.07, 6.45) is -4.67. The molecule has 1 fully saturated rings. The number of halogens is 3. The first kappa shape index (κ1) is 16.2. The van der Waals surface area contributed by atoms with Crippen molar-refractivity contribution in [1.82, 2.24) is 4.90 Å². The van der Waals surface area contributed by atoms with E-state index in [1.807, 2.05) is 0 Å². The number of aliphatic hydroxyl groups excluding tert-OH is 1. The molecule has 0 unspecified atom stereocenters. The number of hydrogen-bond acceptors (Lipinski definition) is 4. The number of benzene rings is 1. The maximum atomic E-state index is 12.8. The largest absolute Gasteiger partial charge is 0.416 e. The van der Waals surface area contributed by atoms with Gasteiger partial charge in [-0.1, -0.05) is 0 Å². The molecular weight excluding hydrogens is 305 g/mol. The van der Waals surface area contributed by atoms with E-state index in [9.17, 15) is 33.2 Å². The maximum absolute atomic E-state index is 12.8. The summed E-state index contributed by atoms with van der Waals surface area (Å²) in [5.41, 5.74) is -2.39. The SMILES string of the molecule is O=C(c1cc([N+](=O)[O-])cc(C(F)(F)F)c1)N1CCC(O)CC1. The molecule has 0 atom stereocenters. The number of likely N-dealkylation sites (tertiary alicyclic amines) is 1. The average molecular weight is 318 g/mol. The van der Waals surface area contributed by atoms with Gasteiger partial charge in [-0.3, -0.25) is 14.9 Å². The van der Waals surface area contributed by atoms with Gasteiger partial charge in [0.2, 0.25) is 0 Å². The third-order valence-electron chi connectivity index (χ3n) is 3.45. The third kappa shape index (κ3) is 3.53. The van der Waals surface area contributed by atoms with E-state index < -0.39 is 34.4 Å². The molecule has 0 spiro atoms. The van der Waals surface area contributed by atoms with E-state index in [4.69, 9.17) is 0 Å². The van der Waals surface area contributed by atoms with Crippen molar-refractivity contribution in [2.75, 3.05) is 13.1 Å². The van der Waals surface area contributed by atoms with Crippen molar-refractivity contribution in [3.8, 4) is 0 Å². The number of nitro groups is 1.